The van der Waals surface area contributed by atoms with E-state index in [9.17, 15) is 14.4 Å². The first-order valence-electron chi connectivity index (χ1n) is 9.37. The van der Waals surface area contributed by atoms with Crippen molar-refractivity contribution in [2.75, 3.05) is 11.9 Å². The van der Waals surface area contributed by atoms with E-state index in [4.69, 9.17) is 9.47 Å². The molecular weight excluding hydrogens is 384 g/mol. The molecule has 2 amide bonds. The first-order valence-corrected chi connectivity index (χ1v) is 9.37. The number of esters is 1. The second kappa shape index (κ2) is 9.73. The Bertz CT molecular complexity index is 912. The number of nitrogens with one attached hydrogen (secondary N) is 1. The smallest absolute Gasteiger partial charge is 0.414 e. The van der Waals surface area contributed by atoms with Crippen LogP contribution in [0.25, 0.3) is 0 Å². The highest BCUT2D eigenvalue weighted by Gasteiger charge is 2.20. The lowest BCUT2D eigenvalue weighted by Crippen LogP contribution is -2.34. The zero-order chi connectivity index (χ0) is 22.3. The van der Waals surface area contributed by atoms with Crippen LogP contribution in [0.2, 0.25) is 0 Å². The summed E-state index contributed by atoms with van der Waals surface area (Å²) in [4.78, 5) is 37.0. The van der Waals surface area contributed by atoms with Gasteiger partial charge >= 0.3 is 12.1 Å². The summed E-state index contributed by atoms with van der Waals surface area (Å²) in [5.74, 6) is -0.423. The van der Waals surface area contributed by atoms with Gasteiger partial charge in [0.15, 0.2) is 0 Å². The van der Waals surface area contributed by atoms with Gasteiger partial charge in [0, 0.05) is 19.3 Å². The highest BCUT2D eigenvalue weighted by molar-refractivity contribution is 5.91. The Kier molecular flexibility index (Phi) is 7.36. The Morgan fingerprint density at radius 1 is 1.03 bits per heavy atom. The van der Waals surface area contributed by atoms with Gasteiger partial charge in [-0.05, 0) is 68.8 Å². The van der Waals surface area contributed by atoms with Crippen LogP contribution in [-0.2, 0) is 16.1 Å². The van der Waals surface area contributed by atoms with Gasteiger partial charge in [0.25, 0.3) is 0 Å². The van der Waals surface area contributed by atoms with Gasteiger partial charge in [-0.15, -0.1) is 0 Å². The molecule has 0 aliphatic carbocycles. The zero-order valence-corrected chi connectivity index (χ0v) is 17.6. The fraction of sp³-hybridized carbons (Fsp3) is 0.261. The number of nitrogens with zero attached hydrogens (tertiary/aromatic N) is 1. The van der Waals surface area contributed by atoms with E-state index < -0.39 is 17.7 Å². The van der Waals surface area contributed by atoms with Crippen molar-refractivity contribution < 1.29 is 23.9 Å². The maximum atomic E-state index is 12.3. The van der Waals surface area contributed by atoms with Gasteiger partial charge in [0.05, 0.1) is 5.56 Å². The summed E-state index contributed by atoms with van der Waals surface area (Å²) in [6, 6.07) is 13.3. The molecule has 0 atom stereocenters. The predicted octanol–water partition coefficient (Wildman–Crippen LogP) is 4.08. The first-order chi connectivity index (χ1) is 14.1. The van der Waals surface area contributed by atoms with Gasteiger partial charge in [-0.1, -0.05) is 18.7 Å². The summed E-state index contributed by atoms with van der Waals surface area (Å²) in [7, 11) is 1.61. The fourth-order valence-electron chi connectivity index (χ4n) is 2.36. The van der Waals surface area contributed by atoms with E-state index in [1.54, 1.807) is 76.3 Å². The molecule has 1 N–H and O–H groups in total. The van der Waals surface area contributed by atoms with Gasteiger partial charge in [-0.25, -0.2) is 9.59 Å². The van der Waals surface area contributed by atoms with E-state index >= 15 is 0 Å². The molecule has 2 rings (SSSR count). The molecule has 2 aromatic rings. The molecule has 0 aliphatic heterocycles. The van der Waals surface area contributed by atoms with Crippen LogP contribution in [0.1, 0.15) is 36.7 Å². The molecule has 0 spiro atoms. The SMILES string of the molecule is C=CC(=O)NCc1ccc(C(=O)Oc2ccc(N(C)C(=O)OC(C)(C)C)cc2)cc1. The number of hydrogen-bond acceptors (Lipinski definition) is 5. The van der Waals surface area contributed by atoms with E-state index in [0.717, 1.165) is 5.56 Å². The summed E-state index contributed by atoms with van der Waals surface area (Å²) in [6.07, 6.45) is 0.721. The van der Waals surface area contributed by atoms with Crippen molar-refractivity contribution in [3.63, 3.8) is 0 Å². The molecule has 7 nitrogen and oxygen atoms in total. The number of rotatable bonds is 6. The van der Waals surface area contributed by atoms with Crippen LogP contribution in [0.5, 0.6) is 5.75 Å². The maximum Gasteiger partial charge on any atom is 0.414 e. The van der Waals surface area contributed by atoms with E-state index in [2.05, 4.69) is 11.9 Å². The second-order valence-corrected chi connectivity index (χ2v) is 7.54. The molecule has 0 radical (unpaired) electrons. The van der Waals surface area contributed by atoms with Crippen molar-refractivity contribution in [3.8, 4) is 5.75 Å². The highest BCUT2D eigenvalue weighted by Crippen LogP contribution is 2.21. The molecule has 0 saturated heterocycles. The molecule has 0 aromatic heterocycles. The number of ether oxygens (including phenoxy) is 2. The lowest BCUT2D eigenvalue weighted by atomic mass is 10.1. The van der Waals surface area contributed by atoms with Crippen molar-refractivity contribution in [3.05, 3.63) is 72.3 Å². The predicted molar refractivity (Wildman–Crippen MR) is 115 cm³/mol. The molecule has 0 bridgehead atoms. The van der Waals surface area contributed by atoms with Crippen LogP contribution in [0.15, 0.2) is 61.2 Å². The normalized spacial score (nSPS) is 10.7. The summed E-state index contributed by atoms with van der Waals surface area (Å²) in [5.41, 5.74) is 1.24. The summed E-state index contributed by atoms with van der Waals surface area (Å²) >= 11 is 0. The monoisotopic (exact) mass is 410 g/mol. The third-order valence-corrected chi connectivity index (χ3v) is 3.94. The first kappa shape index (κ1) is 22.7. The molecule has 30 heavy (non-hydrogen) atoms. The average Bonchev–Trinajstić information content (AvgIpc) is 2.71. The third-order valence-electron chi connectivity index (χ3n) is 3.94. The van der Waals surface area contributed by atoms with Crippen molar-refractivity contribution in [1.82, 2.24) is 5.32 Å². The molecule has 2 aromatic carbocycles. The molecule has 158 valence electrons. The molecule has 0 aliphatic rings. The van der Waals surface area contributed by atoms with E-state index in [1.165, 1.54) is 11.0 Å². The molecule has 0 saturated carbocycles. The van der Waals surface area contributed by atoms with Crippen molar-refractivity contribution in [1.29, 1.82) is 0 Å². The fourth-order valence-corrected chi connectivity index (χ4v) is 2.36. The zero-order valence-electron chi connectivity index (χ0n) is 17.6. The van der Waals surface area contributed by atoms with Gasteiger partial charge in [0.1, 0.15) is 11.4 Å². The van der Waals surface area contributed by atoms with Crippen molar-refractivity contribution in [2.45, 2.75) is 32.9 Å². The van der Waals surface area contributed by atoms with Crippen molar-refractivity contribution >= 4 is 23.7 Å². The molecular formula is C23H26N2O5. The number of carbonyl (C=O) groups excluding carboxylic acids is 3. The van der Waals surface area contributed by atoms with Gasteiger partial charge in [0.2, 0.25) is 5.91 Å². The summed E-state index contributed by atoms with van der Waals surface area (Å²) in [6.45, 7) is 9.12. The largest absolute Gasteiger partial charge is 0.443 e. The Morgan fingerprint density at radius 3 is 2.17 bits per heavy atom. The average molecular weight is 410 g/mol. The van der Waals surface area contributed by atoms with Crippen LogP contribution < -0.4 is 15.0 Å². The van der Waals surface area contributed by atoms with Gasteiger partial charge in [-0.3, -0.25) is 9.69 Å². The number of amides is 2. The Hall–Kier alpha value is -3.61. The van der Waals surface area contributed by atoms with Crippen LogP contribution in [0, 0.1) is 0 Å². The standard InChI is InChI=1S/C23H26N2O5/c1-6-20(26)24-15-16-7-9-17(10-8-16)21(27)29-19-13-11-18(12-14-19)25(5)22(28)30-23(2,3)4/h6-14H,1,15H2,2-5H3,(H,24,26). The van der Waals surface area contributed by atoms with E-state index in [0.29, 0.717) is 23.5 Å². The third kappa shape index (κ3) is 6.77. The van der Waals surface area contributed by atoms with E-state index in [-0.39, 0.29) is 5.91 Å². The summed E-state index contributed by atoms with van der Waals surface area (Å²) in [5, 5.41) is 2.66. The Labute approximate surface area is 176 Å². The van der Waals surface area contributed by atoms with Gasteiger partial charge < -0.3 is 14.8 Å². The van der Waals surface area contributed by atoms with Gasteiger partial charge in [-0.2, -0.15) is 0 Å². The molecule has 0 fully saturated rings. The Balaban J connectivity index is 1.96. The van der Waals surface area contributed by atoms with E-state index in [1.807, 2.05) is 0 Å². The number of anilines is 1. The number of hydrogen-bond donors (Lipinski definition) is 1. The van der Waals surface area contributed by atoms with Crippen LogP contribution >= 0.6 is 0 Å². The van der Waals surface area contributed by atoms with Crippen molar-refractivity contribution in [2.24, 2.45) is 0 Å². The minimum absolute atomic E-state index is 0.265. The number of carbonyl (C=O) groups is 3. The highest BCUT2D eigenvalue weighted by atomic mass is 16.6. The maximum absolute atomic E-state index is 12.3. The summed E-state index contributed by atoms with van der Waals surface area (Å²) < 4.78 is 10.7. The van der Waals surface area contributed by atoms with Crippen LogP contribution in [-0.4, -0.2) is 30.6 Å². The van der Waals surface area contributed by atoms with Crippen LogP contribution in [0.4, 0.5) is 10.5 Å². The molecule has 7 heteroatoms. The lowest BCUT2D eigenvalue weighted by molar-refractivity contribution is -0.116. The minimum atomic E-state index is -0.590. The lowest BCUT2D eigenvalue weighted by Gasteiger charge is -2.24. The topological polar surface area (TPSA) is 84.9 Å². The number of benzene rings is 2. The quantitative estimate of drug-likeness (QED) is 0.441. The molecule has 0 heterocycles. The molecule has 0 unspecified atom stereocenters. The van der Waals surface area contributed by atoms with Crippen LogP contribution in [0.3, 0.4) is 0 Å². The Morgan fingerprint density at radius 2 is 1.63 bits per heavy atom. The minimum Gasteiger partial charge on any atom is -0.443 e. The second-order valence-electron chi connectivity index (χ2n) is 7.54.